The second-order valence-electron chi connectivity index (χ2n) is 6.62. The molecule has 0 spiro atoms. The van der Waals surface area contributed by atoms with E-state index in [1.165, 1.54) is 6.26 Å². The largest absolute Gasteiger partial charge is 0.481 e. The molecular formula is C20H22N2O5. The van der Waals surface area contributed by atoms with Gasteiger partial charge in [-0.25, -0.2) is 0 Å². The number of piperidine rings is 1. The van der Waals surface area contributed by atoms with Gasteiger partial charge in [-0.15, -0.1) is 0 Å². The molecule has 2 N–H and O–H groups in total. The third kappa shape index (κ3) is 4.02. The maximum absolute atomic E-state index is 12.4. The average Bonchev–Trinajstić information content (AvgIpc) is 3.23. The lowest BCUT2D eigenvalue weighted by atomic mass is 9.73. The van der Waals surface area contributed by atoms with E-state index < -0.39 is 11.4 Å². The molecule has 27 heavy (non-hydrogen) atoms. The Morgan fingerprint density at radius 3 is 2.37 bits per heavy atom. The van der Waals surface area contributed by atoms with Crippen LogP contribution in [-0.2, 0) is 15.0 Å². The van der Waals surface area contributed by atoms with Crippen molar-refractivity contribution < 1.29 is 23.9 Å². The summed E-state index contributed by atoms with van der Waals surface area (Å²) in [5.74, 6) is -1.11. The minimum Gasteiger partial charge on any atom is -0.481 e. The number of furan rings is 1. The third-order valence-electron chi connectivity index (χ3n) is 5.07. The Kier molecular flexibility index (Phi) is 5.59. The zero-order valence-corrected chi connectivity index (χ0v) is 14.9. The summed E-state index contributed by atoms with van der Waals surface area (Å²) in [6.07, 6.45) is 2.32. The van der Waals surface area contributed by atoms with E-state index in [2.05, 4.69) is 5.32 Å². The number of benzene rings is 1. The molecule has 0 unspecified atom stereocenters. The summed E-state index contributed by atoms with van der Waals surface area (Å²) in [6.45, 7) is 0.968. The fourth-order valence-electron chi connectivity index (χ4n) is 3.46. The molecule has 2 heterocycles. The van der Waals surface area contributed by atoms with Crippen molar-refractivity contribution in [2.45, 2.75) is 24.7 Å². The number of hydrogen-bond donors (Lipinski definition) is 2. The maximum Gasteiger partial charge on any atom is 0.314 e. The smallest absolute Gasteiger partial charge is 0.314 e. The number of rotatable bonds is 6. The van der Waals surface area contributed by atoms with Crippen LogP contribution in [0.5, 0.6) is 0 Å². The Labute approximate surface area is 157 Å². The van der Waals surface area contributed by atoms with Crippen LogP contribution in [0.4, 0.5) is 0 Å². The molecule has 0 saturated carbocycles. The van der Waals surface area contributed by atoms with E-state index in [0.29, 0.717) is 25.9 Å². The van der Waals surface area contributed by atoms with Gasteiger partial charge in [-0.05, 0) is 30.5 Å². The Morgan fingerprint density at radius 1 is 1.07 bits per heavy atom. The molecule has 1 aliphatic heterocycles. The number of aliphatic carboxylic acids is 1. The number of carbonyl (C=O) groups is 3. The van der Waals surface area contributed by atoms with Gasteiger partial charge in [0.15, 0.2) is 5.76 Å². The molecule has 0 aliphatic carbocycles. The first kappa shape index (κ1) is 18.7. The molecule has 1 fully saturated rings. The molecule has 1 aromatic carbocycles. The zero-order valence-electron chi connectivity index (χ0n) is 14.9. The molecule has 1 aliphatic rings. The highest BCUT2D eigenvalue weighted by atomic mass is 16.4. The van der Waals surface area contributed by atoms with Gasteiger partial charge in [0.1, 0.15) is 0 Å². The van der Waals surface area contributed by atoms with Crippen molar-refractivity contribution in [1.29, 1.82) is 0 Å². The summed E-state index contributed by atoms with van der Waals surface area (Å²) in [4.78, 5) is 37.8. The number of amides is 2. The van der Waals surface area contributed by atoms with E-state index in [4.69, 9.17) is 4.42 Å². The summed E-state index contributed by atoms with van der Waals surface area (Å²) in [5.41, 5.74) is -0.179. The van der Waals surface area contributed by atoms with Gasteiger partial charge in [0.05, 0.1) is 11.7 Å². The van der Waals surface area contributed by atoms with Crippen LogP contribution in [0.1, 0.15) is 35.4 Å². The number of nitrogens with one attached hydrogen (secondary N) is 1. The minimum atomic E-state index is -0.953. The van der Waals surface area contributed by atoms with Crippen LogP contribution in [0.25, 0.3) is 0 Å². The van der Waals surface area contributed by atoms with Gasteiger partial charge in [0, 0.05) is 26.1 Å². The molecule has 7 nitrogen and oxygen atoms in total. The van der Waals surface area contributed by atoms with Crippen molar-refractivity contribution in [2.24, 2.45) is 0 Å². The number of likely N-dealkylation sites (tertiary alicyclic amines) is 1. The van der Waals surface area contributed by atoms with E-state index in [1.54, 1.807) is 17.0 Å². The normalized spacial score (nSPS) is 15.9. The molecule has 2 amide bonds. The third-order valence-corrected chi connectivity index (χ3v) is 5.07. The Hall–Kier alpha value is -3.09. The monoisotopic (exact) mass is 370 g/mol. The van der Waals surface area contributed by atoms with Crippen LogP contribution >= 0.6 is 0 Å². The molecule has 0 radical (unpaired) electrons. The van der Waals surface area contributed by atoms with Gasteiger partial charge in [-0.1, -0.05) is 30.3 Å². The average molecular weight is 370 g/mol. The standard InChI is InChI=1S/C20H22N2O5/c23-17(8-11-21-18(24)16-7-4-14-27-16)22-12-9-20(10-13-22,19(25)26)15-5-2-1-3-6-15/h1-7,14H,8-13H2,(H,21,24)(H,25,26). The highest BCUT2D eigenvalue weighted by molar-refractivity contribution is 5.91. The molecule has 0 bridgehead atoms. The fraction of sp³-hybridized carbons (Fsp3) is 0.350. The molecule has 2 aromatic rings. The number of carboxylic acid groups (broad SMARTS) is 1. The molecule has 142 valence electrons. The van der Waals surface area contributed by atoms with Crippen molar-refractivity contribution in [3.8, 4) is 0 Å². The predicted octanol–water partition coefficient (Wildman–Crippen LogP) is 2.04. The molecule has 1 aromatic heterocycles. The molecular weight excluding hydrogens is 348 g/mol. The van der Waals surface area contributed by atoms with Crippen molar-refractivity contribution >= 4 is 17.8 Å². The Bertz CT molecular complexity index is 793. The molecule has 1 saturated heterocycles. The lowest BCUT2D eigenvalue weighted by molar-refractivity contribution is -0.148. The SMILES string of the molecule is O=C(NCCC(=O)N1CCC(C(=O)O)(c2ccccc2)CC1)c1ccco1. The van der Waals surface area contributed by atoms with Crippen LogP contribution in [-0.4, -0.2) is 47.4 Å². The van der Waals surface area contributed by atoms with E-state index in [-0.39, 0.29) is 30.5 Å². The second-order valence-corrected chi connectivity index (χ2v) is 6.62. The molecule has 7 heteroatoms. The van der Waals surface area contributed by atoms with Crippen LogP contribution in [0, 0.1) is 0 Å². The summed E-state index contributed by atoms with van der Waals surface area (Å²) in [7, 11) is 0. The van der Waals surface area contributed by atoms with E-state index in [0.717, 1.165) is 5.56 Å². The minimum absolute atomic E-state index is 0.0956. The number of nitrogens with zero attached hydrogens (tertiary/aromatic N) is 1. The van der Waals surface area contributed by atoms with Crippen molar-refractivity contribution in [1.82, 2.24) is 10.2 Å². The first-order valence-electron chi connectivity index (χ1n) is 8.91. The van der Waals surface area contributed by atoms with Gasteiger partial charge in [0.25, 0.3) is 5.91 Å². The lowest BCUT2D eigenvalue weighted by Crippen LogP contribution is -2.49. The fourth-order valence-corrected chi connectivity index (χ4v) is 3.46. The van der Waals surface area contributed by atoms with Crippen LogP contribution in [0.2, 0.25) is 0 Å². The Balaban J connectivity index is 1.52. The summed E-state index contributed by atoms with van der Waals surface area (Å²) < 4.78 is 4.99. The quantitative estimate of drug-likeness (QED) is 0.811. The van der Waals surface area contributed by atoms with E-state index in [1.807, 2.05) is 30.3 Å². The van der Waals surface area contributed by atoms with Crippen LogP contribution in [0.15, 0.2) is 53.1 Å². The summed E-state index contributed by atoms with van der Waals surface area (Å²) >= 11 is 0. The maximum atomic E-state index is 12.4. The highest BCUT2D eigenvalue weighted by Gasteiger charge is 2.43. The summed E-state index contributed by atoms with van der Waals surface area (Å²) in [6, 6.07) is 12.4. The first-order chi connectivity index (χ1) is 13.0. The molecule has 3 rings (SSSR count). The van der Waals surface area contributed by atoms with Crippen molar-refractivity contribution in [2.75, 3.05) is 19.6 Å². The number of hydrogen-bond acceptors (Lipinski definition) is 4. The van der Waals surface area contributed by atoms with Gasteiger partial charge < -0.3 is 19.7 Å². The second kappa shape index (κ2) is 8.07. The summed E-state index contributed by atoms with van der Waals surface area (Å²) in [5, 5.41) is 12.4. The topological polar surface area (TPSA) is 99.9 Å². The first-order valence-corrected chi connectivity index (χ1v) is 8.91. The van der Waals surface area contributed by atoms with Crippen LogP contribution < -0.4 is 5.32 Å². The van der Waals surface area contributed by atoms with Gasteiger partial charge in [-0.3, -0.25) is 14.4 Å². The lowest BCUT2D eigenvalue weighted by Gasteiger charge is -2.39. The highest BCUT2D eigenvalue weighted by Crippen LogP contribution is 2.36. The van der Waals surface area contributed by atoms with E-state index >= 15 is 0 Å². The Morgan fingerprint density at radius 2 is 1.78 bits per heavy atom. The zero-order chi connectivity index (χ0) is 19.3. The van der Waals surface area contributed by atoms with Crippen LogP contribution in [0.3, 0.4) is 0 Å². The number of carboxylic acids is 1. The van der Waals surface area contributed by atoms with Gasteiger partial charge in [-0.2, -0.15) is 0 Å². The number of carbonyl (C=O) groups excluding carboxylic acids is 2. The van der Waals surface area contributed by atoms with Gasteiger partial charge in [0.2, 0.25) is 5.91 Å². The van der Waals surface area contributed by atoms with Crippen molar-refractivity contribution in [3.05, 3.63) is 60.1 Å². The van der Waals surface area contributed by atoms with Crippen molar-refractivity contribution in [3.63, 3.8) is 0 Å². The molecule has 0 atom stereocenters. The van der Waals surface area contributed by atoms with E-state index in [9.17, 15) is 19.5 Å². The predicted molar refractivity (Wildman–Crippen MR) is 97.2 cm³/mol. The van der Waals surface area contributed by atoms with Gasteiger partial charge >= 0.3 is 5.97 Å².